The van der Waals surface area contributed by atoms with Crippen molar-refractivity contribution >= 4 is 23.2 Å². The molecule has 1 unspecified atom stereocenters. The molecule has 0 saturated carbocycles. The number of hydrogen-bond donors (Lipinski definition) is 1. The first-order chi connectivity index (χ1) is 10.1. The molecule has 5 heteroatoms. The van der Waals surface area contributed by atoms with Crippen LogP contribution in [-0.4, -0.2) is 9.78 Å². The normalized spacial score (nSPS) is 12.6. The molecule has 0 fully saturated rings. The smallest absolute Gasteiger partial charge is 0.0863 e. The summed E-state index contributed by atoms with van der Waals surface area (Å²) in [6.07, 6.45) is 0.846. The summed E-state index contributed by atoms with van der Waals surface area (Å²) in [4.78, 5) is 0. The second-order valence-corrected chi connectivity index (χ2v) is 5.79. The first kappa shape index (κ1) is 16.3. The van der Waals surface area contributed by atoms with Crippen molar-refractivity contribution in [2.45, 2.75) is 46.3 Å². The summed E-state index contributed by atoms with van der Waals surface area (Å²) >= 11 is 12.7. The van der Waals surface area contributed by atoms with Gasteiger partial charge in [-0.15, -0.1) is 0 Å². The summed E-state index contributed by atoms with van der Waals surface area (Å²) in [5, 5.41) is 9.57. The highest BCUT2D eigenvalue weighted by Gasteiger charge is 2.16. The van der Waals surface area contributed by atoms with Crippen LogP contribution in [0.25, 0.3) is 0 Å². The second kappa shape index (κ2) is 7.30. The number of rotatable bonds is 6. The molecule has 0 aliphatic rings. The lowest BCUT2D eigenvalue weighted by molar-refractivity contribution is 0.530. The molecule has 1 aromatic heterocycles. The Balaban J connectivity index is 2.13. The molecule has 0 spiro atoms. The second-order valence-electron chi connectivity index (χ2n) is 5.00. The highest BCUT2D eigenvalue weighted by atomic mass is 35.5. The first-order valence-corrected chi connectivity index (χ1v) is 8.05. The summed E-state index contributed by atoms with van der Waals surface area (Å²) in [7, 11) is 0. The first-order valence-electron chi connectivity index (χ1n) is 7.30. The van der Waals surface area contributed by atoms with Crippen LogP contribution in [0.5, 0.6) is 0 Å². The molecule has 0 radical (unpaired) electrons. The van der Waals surface area contributed by atoms with E-state index in [-0.39, 0.29) is 6.04 Å². The Morgan fingerprint density at radius 1 is 1.24 bits per heavy atom. The van der Waals surface area contributed by atoms with Gasteiger partial charge in [0.2, 0.25) is 0 Å². The molecule has 1 heterocycles. The van der Waals surface area contributed by atoms with Gasteiger partial charge in [0.05, 0.1) is 16.4 Å². The third-order valence-corrected chi connectivity index (χ3v) is 4.42. The standard InChI is InChI=1S/C16H21Cl2N3/c1-4-14-16(18)15(21(5-2)20-14)10-19-11(3)12-8-6-7-9-13(12)17/h6-9,11,19H,4-5,10H2,1-3H3. The maximum Gasteiger partial charge on any atom is 0.0863 e. The Kier molecular flexibility index (Phi) is 5.68. The topological polar surface area (TPSA) is 29.9 Å². The third-order valence-electron chi connectivity index (χ3n) is 3.64. The average Bonchev–Trinajstić information content (AvgIpc) is 2.80. The zero-order valence-electron chi connectivity index (χ0n) is 12.7. The third kappa shape index (κ3) is 3.60. The van der Waals surface area contributed by atoms with Gasteiger partial charge < -0.3 is 5.32 Å². The van der Waals surface area contributed by atoms with E-state index in [1.807, 2.05) is 28.9 Å². The predicted molar refractivity (Wildman–Crippen MR) is 89.0 cm³/mol. The van der Waals surface area contributed by atoms with Gasteiger partial charge in [-0.1, -0.05) is 48.3 Å². The van der Waals surface area contributed by atoms with Gasteiger partial charge in [-0.25, -0.2) is 0 Å². The van der Waals surface area contributed by atoms with Crippen LogP contribution in [0.3, 0.4) is 0 Å². The van der Waals surface area contributed by atoms with Crippen LogP contribution in [0.4, 0.5) is 0 Å². The number of aryl methyl sites for hydroxylation is 2. The van der Waals surface area contributed by atoms with Gasteiger partial charge in [0.15, 0.2) is 0 Å². The van der Waals surface area contributed by atoms with Crippen molar-refractivity contribution in [3.05, 3.63) is 51.3 Å². The van der Waals surface area contributed by atoms with E-state index in [2.05, 4.69) is 31.2 Å². The lowest BCUT2D eigenvalue weighted by Gasteiger charge is -2.16. The predicted octanol–water partition coefficient (Wildman–Crippen LogP) is 4.62. The molecule has 2 rings (SSSR count). The van der Waals surface area contributed by atoms with Crippen molar-refractivity contribution in [2.75, 3.05) is 0 Å². The van der Waals surface area contributed by atoms with Gasteiger partial charge in [0, 0.05) is 24.2 Å². The number of hydrogen-bond acceptors (Lipinski definition) is 2. The average molecular weight is 326 g/mol. The van der Waals surface area contributed by atoms with E-state index < -0.39 is 0 Å². The molecule has 21 heavy (non-hydrogen) atoms. The molecular formula is C16H21Cl2N3. The van der Waals surface area contributed by atoms with Crippen molar-refractivity contribution in [1.82, 2.24) is 15.1 Å². The van der Waals surface area contributed by atoms with Gasteiger partial charge in [-0.3, -0.25) is 4.68 Å². The highest BCUT2D eigenvalue weighted by Crippen LogP contribution is 2.25. The van der Waals surface area contributed by atoms with Gasteiger partial charge in [-0.05, 0) is 31.9 Å². The molecule has 1 aromatic carbocycles. The number of nitrogens with zero attached hydrogens (tertiary/aromatic N) is 2. The number of nitrogens with one attached hydrogen (secondary N) is 1. The van der Waals surface area contributed by atoms with Crippen LogP contribution in [0.1, 0.15) is 43.8 Å². The summed E-state index contributed by atoms with van der Waals surface area (Å²) in [5.74, 6) is 0. The molecule has 0 aliphatic heterocycles. The molecular weight excluding hydrogens is 305 g/mol. The van der Waals surface area contributed by atoms with E-state index in [0.717, 1.165) is 40.0 Å². The van der Waals surface area contributed by atoms with Crippen LogP contribution in [0.2, 0.25) is 10.0 Å². The Morgan fingerprint density at radius 2 is 1.95 bits per heavy atom. The van der Waals surface area contributed by atoms with Gasteiger partial charge in [0.25, 0.3) is 0 Å². The molecule has 0 bridgehead atoms. The Hall–Kier alpha value is -1.03. The van der Waals surface area contributed by atoms with E-state index >= 15 is 0 Å². The fourth-order valence-corrected chi connectivity index (χ4v) is 3.01. The molecule has 0 aliphatic carbocycles. The van der Waals surface area contributed by atoms with Crippen molar-refractivity contribution in [3.63, 3.8) is 0 Å². The summed E-state index contributed by atoms with van der Waals surface area (Å²) in [6.45, 7) is 7.73. The van der Waals surface area contributed by atoms with Crippen molar-refractivity contribution in [2.24, 2.45) is 0 Å². The monoisotopic (exact) mass is 325 g/mol. The summed E-state index contributed by atoms with van der Waals surface area (Å²) in [6, 6.07) is 8.04. The number of halogens is 2. The minimum Gasteiger partial charge on any atom is -0.304 e. The van der Waals surface area contributed by atoms with Crippen LogP contribution in [0, 0.1) is 0 Å². The van der Waals surface area contributed by atoms with Gasteiger partial charge in [0.1, 0.15) is 0 Å². The van der Waals surface area contributed by atoms with E-state index in [1.165, 1.54) is 0 Å². The number of aromatic nitrogens is 2. The minimum atomic E-state index is 0.153. The molecule has 3 nitrogen and oxygen atoms in total. The van der Waals surface area contributed by atoms with Crippen LogP contribution < -0.4 is 5.32 Å². The van der Waals surface area contributed by atoms with Crippen molar-refractivity contribution < 1.29 is 0 Å². The lowest BCUT2D eigenvalue weighted by Crippen LogP contribution is -2.20. The van der Waals surface area contributed by atoms with Crippen LogP contribution in [-0.2, 0) is 19.5 Å². The molecule has 2 aromatic rings. The van der Waals surface area contributed by atoms with Gasteiger partial charge >= 0.3 is 0 Å². The SMILES string of the molecule is CCc1nn(CC)c(CNC(C)c2ccccc2Cl)c1Cl. The fourth-order valence-electron chi connectivity index (χ4n) is 2.37. The Bertz CT molecular complexity index is 608. The van der Waals surface area contributed by atoms with E-state index in [0.29, 0.717) is 6.54 Å². The minimum absolute atomic E-state index is 0.153. The fraction of sp³-hybridized carbons (Fsp3) is 0.438. The number of benzene rings is 1. The highest BCUT2D eigenvalue weighted by molar-refractivity contribution is 6.32. The van der Waals surface area contributed by atoms with E-state index in [4.69, 9.17) is 23.2 Å². The summed E-state index contributed by atoms with van der Waals surface area (Å²) < 4.78 is 1.97. The molecule has 0 amide bonds. The molecule has 0 saturated heterocycles. The van der Waals surface area contributed by atoms with Gasteiger partial charge in [-0.2, -0.15) is 5.10 Å². The Labute approximate surface area is 136 Å². The maximum absolute atomic E-state index is 6.42. The quantitative estimate of drug-likeness (QED) is 0.839. The largest absolute Gasteiger partial charge is 0.304 e. The van der Waals surface area contributed by atoms with Crippen molar-refractivity contribution in [1.29, 1.82) is 0 Å². The maximum atomic E-state index is 6.42. The zero-order valence-corrected chi connectivity index (χ0v) is 14.2. The molecule has 1 N–H and O–H groups in total. The van der Waals surface area contributed by atoms with E-state index in [1.54, 1.807) is 0 Å². The van der Waals surface area contributed by atoms with E-state index in [9.17, 15) is 0 Å². The summed E-state index contributed by atoms with van der Waals surface area (Å²) in [5.41, 5.74) is 3.09. The van der Waals surface area contributed by atoms with Crippen LogP contribution >= 0.6 is 23.2 Å². The van der Waals surface area contributed by atoms with Crippen LogP contribution in [0.15, 0.2) is 24.3 Å². The molecule has 114 valence electrons. The molecule has 1 atom stereocenters. The van der Waals surface area contributed by atoms with Crippen molar-refractivity contribution in [3.8, 4) is 0 Å². The zero-order chi connectivity index (χ0) is 15.4. The lowest BCUT2D eigenvalue weighted by atomic mass is 10.1. The Morgan fingerprint density at radius 3 is 2.57 bits per heavy atom.